The number of benzene rings is 9. The van der Waals surface area contributed by atoms with Crippen molar-refractivity contribution in [1.29, 1.82) is 0 Å². The van der Waals surface area contributed by atoms with E-state index in [9.17, 15) is 0 Å². The van der Waals surface area contributed by atoms with E-state index in [2.05, 4.69) is 223 Å². The van der Waals surface area contributed by atoms with Gasteiger partial charge >= 0.3 is 0 Å². The molecule has 4 aliphatic rings. The van der Waals surface area contributed by atoms with Crippen LogP contribution in [0.1, 0.15) is 44.5 Å². The molecule has 0 unspecified atom stereocenters. The summed E-state index contributed by atoms with van der Waals surface area (Å²) in [6, 6.07) is 59.3. The number of hydrogen-bond donors (Lipinski definition) is 0. The second-order valence-electron chi connectivity index (χ2n) is 19.9. The van der Waals surface area contributed by atoms with Crippen molar-refractivity contribution >= 4 is 80.3 Å². The van der Waals surface area contributed by atoms with E-state index in [-0.39, 0.29) is 13.4 Å². The summed E-state index contributed by atoms with van der Waals surface area (Å²) in [4.78, 5) is 4.92. The lowest BCUT2D eigenvalue weighted by molar-refractivity contribution is 0.466. The lowest BCUT2D eigenvalue weighted by Crippen LogP contribution is -2.63. The molecular formula is C62H50B2N2O2. The van der Waals surface area contributed by atoms with E-state index in [0.717, 1.165) is 67.8 Å². The largest absolute Gasteiger partial charge is 0.458 e. The van der Waals surface area contributed by atoms with Crippen molar-refractivity contribution in [3.05, 3.63) is 202 Å². The van der Waals surface area contributed by atoms with Crippen molar-refractivity contribution in [3.8, 4) is 45.3 Å². The van der Waals surface area contributed by atoms with Crippen molar-refractivity contribution in [1.82, 2.24) is 0 Å². The molecule has 0 spiro atoms. The molecule has 68 heavy (non-hydrogen) atoms. The van der Waals surface area contributed by atoms with Crippen molar-refractivity contribution in [3.63, 3.8) is 0 Å². The molecule has 9 aromatic rings. The number of fused-ring (bicyclic) bond motifs is 8. The van der Waals surface area contributed by atoms with E-state index in [0.29, 0.717) is 0 Å². The van der Waals surface area contributed by atoms with Crippen LogP contribution >= 0.6 is 0 Å². The van der Waals surface area contributed by atoms with Crippen LogP contribution in [-0.2, 0) is 0 Å². The Hall–Kier alpha value is -7.69. The summed E-state index contributed by atoms with van der Waals surface area (Å²) >= 11 is 0. The van der Waals surface area contributed by atoms with Gasteiger partial charge in [-0.3, -0.25) is 0 Å². The van der Waals surface area contributed by atoms with Gasteiger partial charge in [-0.15, -0.1) is 0 Å². The Morgan fingerprint density at radius 1 is 0.309 bits per heavy atom. The van der Waals surface area contributed by atoms with Crippen LogP contribution in [0, 0.1) is 55.4 Å². The summed E-state index contributed by atoms with van der Waals surface area (Å²) in [6.45, 7) is 17.3. The van der Waals surface area contributed by atoms with Gasteiger partial charge in [-0.1, -0.05) is 124 Å². The van der Waals surface area contributed by atoms with E-state index in [4.69, 9.17) is 9.47 Å². The van der Waals surface area contributed by atoms with Gasteiger partial charge in [-0.25, -0.2) is 0 Å². The highest BCUT2D eigenvalue weighted by atomic mass is 16.5. The molecule has 6 heteroatoms. The molecule has 9 aromatic carbocycles. The van der Waals surface area contributed by atoms with Gasteiger partial charge < -0.3 is 19.3 Å². The predicted octanol–water partition coefficient (Wildman–Crippen LogP) is 12.3. The van der Waals surface area contributed by atoms with Crippen LogP contribution in [0.5, 0.6) is 23.0 Å². The first-order valence-corrected chi connectivity index (χ1v) is 23.9. The summed E-state index contributed by atoms with van der Waals surface area (Å²) in [5, 5.41) is 0. The van der Waals surface area contributed by atoms with Gasteiger partial charge in [0.15, 0.2) is 0 Å². The van der Waals surface area contributed by atoms with Crippen molar-refractivity contribution in [2.24, 2.45) is 0 Å². The molecule has 0 saturated heterocycles. The molecular weight excluding hydrogens is 826 g/mol. The van der Waals surface area contributed by atoms with Crippen LogP contribution in [0.2, 0.25) is 0 Å². The summed E-state index contributed by atoms with van der Waals surface area (Å²) in [5.74, 6) is 3.42. The fourth-order valence-corrected chi connectivity index (χ4v) is 11.6. The number of rotatable bonds is 4. The molecule has 4 heterocycles. The highest BCUT2D eigenvalue weighted by molar-refractivity contribution is 7.02. The molecule has 0 atom stereocenters. The first kappa shape index (κ1) is 40.6. The van der Waals surface area contributed by atoms with Gasteiger partial charge in [-0.2, -0.15) is 0 Å². The summed E-state index contributed by atoms with van der Waals surface area (Å²) in [7, 11) is 0. The quantitative estimate of drug-likeness (QED) is 0.165. The van der Waals surface area contributed by atoms with Gasteiger partial charge in [0.1, 0.15) is 23.0 Å². The number of anilines is 6. The predicted molar refractivity (Wildman–Crippen MR) is 287 cm³/mol. The zero-order valence-electron chi connectivity index (χ0n) is 39.9. The molecule has 0 aromatic heterocycles. The fourth-order valence-electron chi connectivity index (χ4n) is 11.6. The lowest BCUT2D eigenvalue weighted by Gasteiger charge is -2.42. The third kappa shape index (κ3) is 6.16. The zero-order chi connectivity index (χ0) is 46.3. The summed E-state index contributed by atoms with van der Waals surface area (Å²) in [5.41, 5.74) is 28.6. The van der Waals surface area contributed by atoms with Crippen LogP contribution in [-0.4, -0.2) is 13.4 Å². The van der Waals surface area contributed by atoms with Gasteiger partial charge in [0.25, 0.3) is 13.4 Å². The third-order valence-corrected chi connectivity index (χ3v) is 15.0. The maximum Gasteiger partial charge on any atom is 0.256 e. The Kier molecular flexibility index (Phi) is 8.89. The van der Waals surface area contributed by atoms with Crippen LogP contribution in [0.15, 0.2) is 158 Å². The van der Waals surface area contributed by atoms with Gasteiger partial charge in [0, 0.05) is 40.2 Å². The Balaban J connectivity index is 1.07. The van der Waals surface area contributed by atoms with E-state index >= 15 is 0 Å². The fraction of sp³-hybridized carbons (Fsp3) is 0.129. The SMILES string of the molecule is Cc1ccc(N2c3ccc(C)cc3B3c4cc5c(cc4Oc4cc(-c6cc(C)ccc6C)cc2c43)Oc2cc(-c3cc(C)ccc3C)cc3c2B5c2cc(C)ccc2N3c2ccc(C)cc2)cc1. The average molecular weight is 877 g/mol. The van der Waals surface area contributed by atoms with Crippen LogP contribution in [0.4, 0.5) is 34.1 Å². The van der Waals surface area contributed by atoms with E-state index < -0.39 is 0 Å². The molecule has 0 radical (unpaired) electrons. The van der Waals surface area contributed by atoms with Crippen LogP contribution < -0.4 is 52.1 Å². The topological polar surface area (TPSA) is 24.9 Å². The van der Waals surface area contributed by atoms with Gasteiger partial charge in [0.05, 0.1) is 0 Å². The Morgan fingerprint density at radius 2 is 0.691 bits per heavy atom. The summed E-state index contributed by atoms with van der Waals surface area (Å²) < 4.78 is 14.7. The highest BCUT2D eigenvalue weighted by Crippen LogP contribution is 2.47. The number of hydrogen-bond acceptors (Lipinski definition) is 4. The number of nitrogens with zero attached hydrogens (tertiary/aromatic N) is 2. The van der Waals surface area contributed by atoms with E-state index in [1.54, 1.807) is 0 Å². The van der Waals surface area contributed by atoms with Crippen molar-refractivity contribution < 1.29 is 9.47 Å². The normalized spacial score (nSPS) is 13.4. The number of aryl methyl sites for hydroxylation is 8. The molecule has 4 nitrogen and oxygen atoms in total. The molecule has 0 bridgehead atoms. The second kappa shape index (κ2) is 14.9. The molecule has 0 fully saturated rings. The molecule has 4 aliphatic heterocycles. The minimum Gasteiger partial charge on any atom is -0.458 e. The molecule has 326 valence electrons. The van der Waals surface area contributed by atoms with Crippen molar-refractivity contribution in [2.75, 3.05) is 9.80 Å². The highest BCUT2D eigenvalue weighted by Gasteiger charge is 2.47. The zero-order valence-corrected chi connectivity index (χ0v) is 39.9. The minimum atomic E-state index is -0.0875. The first-order valence-electron chi connectivity index (χ1n) is 23.9. The van der Waals surface area contributed by atoms with Gasteiger partial charge in [-0.05, 0) is 182 Å². The molecule has 0 saturated carbocycles. The van der Waals surface area contributed by atoms with Crippen LogP contribution in [0.3, 0.4) is 0 Å². The molecule has 0 amide bonds. The third-order valence-electron chi connectivity index (χ3n) is 15.0. The number of ether oxygens (including phenoxy) is 2. The maximum absolute atomic E-state index is 7.35. The average Bonchev–Trinajstić information content (AvgIpc) is 3.33. The Morgan fingerprint density at radius 3 is 1.12 bits per heavy atom. The Labute approximate surface area is 400 Å². The van der Waals surface area contributed by atoms with E-state index in [1.807, 2.05) is 0 Å². The minimum absolute atomic E-state index is 0.0875. The smallest absolute Gasteiger partial charge is 0.256 e. The van der Waals surface area contributed by atoms with Crippen LogP contribution in [0.25, 0.3) is 22.3 Å². The maximum atomic E-state index is 7.35. The van der Waals surface area contributed by atoms with Crippen molar-refractivity contribution in [2.45, 2.75) is 55.4 Å². The standard InChI is InChI=1S/C62H50B2N2O2/c1-35-11-19-45(20-12-35)65-53-23-15-39(5)27-49(53)63-51-33-52-58(34-57(51)67-59-31-43(29-55(65)61(59)63)47-25-37(3)9-17-41(47)7)68-60-32-44(48-26-38(4)10-18-42(48)8)30-56-62(60)64(52)50-28-40(6)16-24-54(50)66(56)46-21-13-36(2)14-22-46/h9-34H,1-8H3. The Bertz CT molecular complexity index is 3400. The monoisotopic (exact) mass is 876 g/mol. The molecule has 13 rings (SSSR count). The van der Waals surface area contributed by atoms with Gasteiger partial charge in [0.2, 0.25) is 0 Å². The second-order valence-corrected chi connectivity index (χ2v) is 19.9. The summed E-state index contributed by atoms with van der Waals surface area (Å²) in [6.07, 6.45) is 0. The van der Waals surface area contributed by atoms with E-state index in [1.165, 1.54) is 88.9 Å². The molecule has 0 N–H and O–H groups in total. The molecule has 0 aliphatic carbocycles. The lowest BCUT2D eigenvalue weighted by atomic mass is 9.31. The first-order chi connectivity index (χ1) is 32.9.